The molecule has 9 nitrogen and oxygen atoms in total. The molecule has 0 atom stereocenters. The Morgan fingerprint density at radius 1 is 1.24 bits per heavy atom. The largest absolute Gasteiger partial charge is 0.381 e. The highest BCUT2D eigenvalue weighted by molar-refractivity contribution is 6.07. The number of hydrogen-bond acceptors (Lipinski definition) is 7. The summed E-state index contributed by atoms with van der Waals surface area (Å²) in [4.78, 5) is 28.5. The summed E-state index contributed by atoms with van der Waals surface area (Å²) < 4.78 is 7.18. The number of fused-ring (bicyclic) bond motifs is 2. The lowest BCUT2D eigenvalue weighted by Crippen LogP contribution is -2.45. The van der Waals surface area contributed by atoms with Gasteiger partial charge in [0.05, 0.1) is 17.3 Å². The minimum absolute atomic E-state index is 0.0751. The van der Waals surface area contributed by atoms with Crippen LogP contribution in [0.2, 0.25) is 0 Å². The van der Waals surface area contributed by atoms with E-state index in [1.54, 1.807) is 10.7 Å². The Labute approximate surface area is 168 Å². The van der Waals surface area contributed by atoms with Gasteiger partial charge < -0.3 is 10.1 Å². The summed E-state index contributed by atoms with van der Waals surface area (Å²) in [5.74, 6) is 1.23. The molecule has 0 radical (unpaired) electrons. The first-order valence-electron chi connectivity index (χ1n) is 9.81. The number of aromatic nitrogens is 5. The van der Waals surface area contributed by atoms with Gasteiger partial charge in [0.1, 0.15) is 12.1 Å². The van der Waals surface area contributed by atoms with E-state index in [0.717, 1.165) is 35.3 Å². The Morgan fingerprint density at radius 2 is 2.03 bits per heavy atom. The topological polar surface area (TPSA) is 97.5 Å². The van der Waals surface area contributed by atoms with Crippen molar-refractivity contribution in [2.24, 2.45) is 0 Å². The maximum atomic E-state index is 13.2. The molecule has 150 valence electrons. The number of aryl methyl sites for hydroxylation is 1. The summed E-state index contributed by atoms with van der Waals surface area (Å²) >= 11 is 0. The number of carbonyl (C=O) groups is 1. The van der Waals surface area contributed by atoms with Gasteiger partial charge in [-0.15, -0.1) is 0 Å². The molecule has 0 spiro atoms. The van der Waals surface area contributed by atoms with E-state index in [2.05, 4.69) is 20.4 Å². The van der Waals surface area contributed by atoms with Crippen molar-refractivity contribution in [3.05, 3.63) is 35.9 Å². The Balaban J connectivity index is 1.53. The molecule has 0 aliphatic carbocycles. The van der Waals surface area contributed by atoms with Crippen molar-refractivity contribution in [2.75, 3.05) is 23.4 Å². The van der Waals surface area contributed by atoms with Crippen LogP contribution in [0.1, 0.15) is 37.8 Å². The number of pyridine rings is 1. The van der Waals surface area contributed by atoms with Crippen molar-refractivity contribution in [2.45, 2.75) is 45.1 Å². The van der Waals surface area contributed by atoms with Gasteiger partial charge in [-0.2, -0.15) is 10.1 Å². The summed E-state index contributed by atoms with van der Waals surface area (Å²) in [6, 6.07) is 2.05. The van der Waals surface area contributed by atoms with Crippen LogP contribution in [-0.2, 0) is 14.9 Å². The van der Waals surface area contributed by atoms with Crippen molar-refractivity contribution < 1.29 is 9.53 Å². The van der Waals surface area contributed by atoms with Gasteiger partial charge in [-0.1, -0.05) is 0 Å². The average molecular weight is 393 g/mol. The highest BCUT2D eigenvalue weighted by atomic mass is 16.5. The zero-order valence-electron chi connectivity index (χ0n) is 16.7. The molecule has 1 amide bonds. The minimum atomic E-state index is -0.637. The van der Waals surface area contributed by atoms with Gasteiger partial charge in [0, 0.05) is 31.0 Å². The zero-order chi connectivity index (χ0) is 20.2. The minimum Gasteiger partial charge on any atom is -0.381 e. The van der Waals surface area contributed by atoms with Gasteiger partial charge in [0.15, 0.2) is 5.65 Å². The number of nitrogens with one attached hydrogen (secondary N) is 1. The molecule has 1 fully saturated rings. The highest BCUT2D eigenvalue weighted by Gasteiger charge is 2.48. The normalized spacial score (nSPS) is 19.0. The molecule has 2 aliphatic rings. The average Bonchev–Trinajstić information content (AvgIpc) is 3.23. The van der Waals surface area contributed by atoms with Crippen LogP contribution < -0.4 is 10.2 Å². The highest BCUT2D eigenvalue weighted by Crippen LogP contribution is 2.42. The van der Waals surface area contributed by atoms with Crippen LogP contribution in [0.4, 0.5) is 17.5 Å². The summed E-state index contributed by atoms with van der Waals surface area (Å²) in [5.41, 5.74) is 2.85. The smallest absolute Gasteiger partial charge is 0.238 e. The molecule has 0 bridgehead atoms. The number of nitrogens with zero attached hydrogens (tertiary/aromatic N) is 6. The number of hydrogen-bond donors (Lipinski definition) is 1. The number of ether oxygens (including phenoxy) is 1. The van der Waals surface area contributed by atoms with E-state index < -0.39 is 5.41 Å². The second kappa shape index (κ2) is 6.48. The van der Waals surface area contributed by atoms with Crippen LogP contribution in [0, 0.1) is 6.92 Å². The molecular formula is C20H23N7O2. The Hall–Kier alpha value is -3.07. The number of amides is 1. The van der Waals surface area contributed by atoms with Gasteiger partial charge in [-0.05, 0) is 45.2 Å². The third-order valence-electron chi connectivity index (χ3n) is 5.85. The van der Waals surface area contributed by atoms with Crippen LogP contribution in [0.25, 0.3) is 5.65 Å². The first-order valence-corrected chi connectivity index (χ1v) is 9.81. The van der Waals surface area contributed by atoms with Crippen LogP contribution in [0.15, 0.2) is 24.8 Å². The molecule has 1 saturated heterocycles. The van der Waals surface area contributed by atoms with Gasteiger partial charge in [-0.25, -0.2) is 14.5 Å². The summed E-state index contributed by atoms with van der Waals surface area (Å²) in [5, 5.41) is 7.46. The molecule has 2 aliphatic heterocycles. The van der Waals surface area contributed by atoms with Gasteiger partial charge in [0.2, 0.25) is 11.9 Å². The summed E-state index contributed by atoms with van der Waals surface area (Å²) in [7, 11) is 0. The fourth-order valence-electron chi connectivity index (χ4n) is 4.06. The lowest BCUT2D eigenvalue weighted by molar-refractivity contribution is -0.122. The summed E-state index contributed by atoms with van der Waals surface area (Å²) in [6.45, 7) is 7.19. The van der Waals surface area contributed by atoms with Gasteiger partial charge >= 0.3 is 0 Å². The first kappa shape index (κ1) is 18.0. The van der Waals surface area contributed by atoms with Crippen molar-refractivity contribution in [1.29, 1.82) is 0 Å². The maximum absolute atomic E-state index is 13.2. The molecule has 29 heavy (non-hydrogen) atoms. The van der Waals surface area contributed by atoms with Crippen molar-refractivity contribution in [3.8, 4) is 0 Å². The standard InChI is InChI=1S/C20H23N7O2/c1-12-8-16-22-11-23-26(16)10-15(12)24-19-21-9-14-17(25-19)27(18(28)20(14,2)3)13-4-6-29-7-5-13/h8-11,13H,4-7H2,1-3H3,(H,21,24,25). The Bertz CT molecular complexity index is 1100. The SMILES string of the molecule is Cc1cc2ncnn2cc1Nc1ncc2c(n1)N(C1CCOCC1)C(=O)C2(C)C. The van der Waals surface area contributed by atoms with E-state index in [-0.39, 0.29) is 11.9 Å². The number of anilines is 3. The summed E-state index contributed by atoms with van der Waals surface area (Å²) in [6.07, 6.45) is 6.78. The fourth-order valence-corrected chi connectivity index (χ4v) is 4.06. The predicted octanol–water partition coefficient (Wildman–Crippen LogP) is 2.37. The third kappa shape index (κ3) is 2.84. The lowest BCUT2D eigenvalue weighted by atomic mass is 9.88. The second-order valence-electron chi connectivity index (χ2n) is 8.13. The van der Waals surface area contributed by atoms with Gasteiger partial charge in [0.25, 0.3) is 0 Å². The van der Waals surface area contributed by atoms with E-state index >= 15 is 0 Å². The van der Waals surface area contributed by atoms with E-state index in [1.165, 1.54) is 6.33 Å². The molecule has 1 N–H and O–H groups in total. The number of rotatable bonds is 3. The van der Waals surface area contributed by atoms with Gasteiger partial charge in [-0.3, -0.25) is 9.69 Å². The van der Waals surface area contributed by atoms with Crippen molar-refractivity contribution in [3.63, 3.8) is 0 Å². The quantitative estimate of drug-likeness (QED) is 0.729. The molecule has 3 aromatic rings. The van der Waals surface area contributed by atoms with Crippen LogP contribution in [-0.4, -0.2) is 49.7 Å². The fraction of sp³-hybridized carbons (Fsp3) is 0.450. The molecule has 0 unspecified atom stereocenters. The molecule has 5 rings (SSSR count). The maximum Gasteiger partial charge on any atom is 0.238 e. The van der Waals surface area contributed by atoms with E-state index in [9.17, 15) is 4.79 Å². The molecule has 3 aromatic heterocycles. The third-order valence-corrected chi connectivity index (χ3v) is 5.85. The lowest BCUT2D eigenvalue weighted by Gasteiger charge is -2.31. The van der Waals surface area contributed by atoms with Crippen LogP contribution in [0.3, 0.4) is 0 Å². The van der Waals surface area contributed by atoms with E-state index in [4.69, 9.17) is 9.72 Å². The molecule has 9 heteroatoms. The molecular weight excluding hydrogens is 370 g/mol. The van der Waals surface area contributed by atoms with Crippen molar-refractivity contribution >= 4 is 29.0 Å². The second-order valence-corrected chi connectivity index (χ2v) is 8.13. The molecule has 5 heterocycles. The Kier molecular flexibility index (Phi) is 4.02. The van der Waals surface area contributed by atoms with E-state index in [0.29, 0.717) is 25.0 Å². The van der Waals surface area contributed by atoms with Crippen molar-refractivity contribution in [1.82, 2.24) is 24.6 Å². The number of carbonyl (C=O) groups excluding carboxylic acids is 1. The Morgan fingerprint density at radius 3 is 2.83 bits per heavy atom. The molecule has 0 aromatic carbocycles. The van der Waals surface area contributed by atoms with E-state index in [1.807, 2.05) is 37.9 Å². The zero-order valence-corrected chi connectivity index (χ0v) is 16.7. The predicted molar refractivity (Wildman–Crippen MR) is 107 cm³/mol. The van der Waals surface area contributed by atoms with Crippen LogP contribution >= 0.6 is 0 Å². The monoisotopic (exact) mass is 393 g/mol. The van der Waals surface area contributed by atoms with Crippen LogP contribution in [0.5, 0.6) is 0 Å². The molecule has 0 saturated carbocycles. The first-order chi connectivity index (χ1) is 13.9.